The van der Waals surface area contributed by atoms with Gasteiger partial charge in [0, 0.05) is 0 Å². The molecule has 7 heteroatoms. The minimum Gasteiger partial charge on any atom is -0.494 e. The van der Waals surface area contributed by atoms with Crippen molar-refractivity contribution in [2.45, 2.75) is 13.5 Å². The van der Waals surface area contributed by atoms with E-state index in [1.54, 1.807) is 30.3 Å². The van der Waals surface area contributed by atoms with Gasteiger partial charge in [-0.15, -0.1) is 0 Å². The average molecular weight is 337 g/mol. The lowest BCUT2D eigenvalue weighted by Crippen LogP contribution is -2.20. The summed E-state index contributed by atoms with van der Waals surface area (Å²) in [5.41, 5.74) is 0.151. The van der Waals surface area contributed by atoms with Gasteiger partial charge < -0.3 is 19.5 Å². The first kappa shape index (κ1) is 17.5. The maximum absolute atomic E-state index is 12.3. The molecule has 2 rings (SSSR count). The summed E-state index contributed by atoms with van der Waals surface area (Å²) in [5.74, 6) is 0.592. The molecule has 0 spiro atoms. The fourth-order valence-corrected chi connectivity index (χ4v) is 1.90. The molecule has 24 heavy (non-hydrogen) atoms. The van der Waals surface area contributed by atoms with Crippen LogP contribution in [0, 0.1) is 0 Å². The first-order valence-electron chi connectivity index (χ1n) is 7.28. The number of rotatable bonds is 8. The molecule has 0 atom stereocenters. The summed E-state index contributed by atoms with van der Waals surface area (Å²) < 4.78 is 39.6. The van der Waals surface area contributed by atoms with Crippen molar-refractivity contribution in [1.29, 1.82) is 0 Å². The highest BCUT2D eigenvalue weighted by Gasteiger charge is 2.11. The third-order valence-electron chi connectivity index (χ3n) is 2.88. The number of ether oxygens (including phenoxy) is 3. The Kier molecular flexibility index (Phi) is 6.36. The molecule has 0 aliphatic heterocycles. The summed E-state index contributed by atoms with van der Waals surface area (Å²) in [6, 6.07) is 12.7. The van der Waals surface area contributed by atoms with E-state index >= 15 is 0 Å². The largest absolute Gasteiger partial charge is 0.494 e. The molecule has 1 amide bonds. The third kappa shape index (κ3) is 5.42. The molecule has 1 N–H and O–H groups in total. The van der Waals surface area contributed by atoms with E-state index < -0.39 is 12.5 Å². The summed E-state index contributed by atoms with van der Waals surface area (Å²) in [7, 11) is 0. The average Bonchev–Trinajstić information content (AvgIpc) is 2.56. The van der Waals surface area contributed by atoms with E-state index in [1.165, 1.54) is 18.2 Å². The Bertz CT molecular complexity index is 662. The van der Waals surface area contributed by atoms with Gasteiger partial charge in [-0.2, -0.15) is 8.78 Å². The second-order valence-corrected chi connectivity index (χ2v) is 4.62. The molecule has 0 fully saturated rings. The summed E-state index contributed by atoms with van der Waals surface area (Å²) in [4.78, 5) is 11.9. The fraction of sp³-hybridized carbons (Fsp3) is 0.235. The van der Waals surface area contributed by atoms with E-state index in [-0.39, 0.29) is 18.0 Å². The SMILES string of the molecule is CCOc1ccc(OCC(=O)Nc2ccccc2OC(F)F)cc1. The summed E-state index contributed by atoms with van der Waals surface area (Å²) in [6.07, 6.45) is 0. The predicted octanol–water partition coefficient (Wildman–Crippen LogP) is 3.70. The molecule has 0 saturated carbocycles. The fourth-order valence-electron chi connectivity index (χ4n) is 1.90. The minimum absolute atomic E-state index is 0.109. The Hall–Kier alpha value is -2.83. The molecule has 0 aliphatic carbocycles. The Balaban J connectivity index is 1.89. The molecule has 0 radical (unpaired) electrons. The van der Waals surface area contributed by atoms with Gasteiger partial charge in [0.15, 0.2) is 6.61 Å². The lowest BCUT2D eigenvalue weighted by atomic mass is 10.3. The number of nitrogens with one attached hydrogen (secondary N) is 1. The molecule has 0 aliphatic rings. The lowest BCUT2D eigenvalue weighted by Gasteiger charge is -2.12. The molecule has 0 bridgehead atoms. The highest BCUT2D eigenvalue weighted by molar-refractivity contribution is 5.93. The molecule has 0 unspecified atom stereocenters. The van der Waals surface area contributed by atoms with E-state index in [0.29, 0.717) is 18.1 Å². The summed E-state index contributed by atoms with van der Waals surface area (Å²) in [6.45, 7) is -0.799. The highest BCUT2D eigenvalue weighted by Crippen LogP contribution is 2.25. The molecule has 128 valence electrons. The van der Waals surface area contributed by atoms with Crippen LogP contribution >= 0.6 is 0 Å². The Morgan fingerprint density at radius 1 is 1.04 bits per heavy atom. The van der Waals surface area contributed by atoms with Crippen molar-refractivity contribution < 1.29 is 27.8 Å². The summed E-state index contributed by atoms with van der Waals surface area (Å²) >= 11 is 0. The zero-order chi connectivity index (χ0) is 17.4. The molecule has 0 heterocycles. The van der Waals surface area contributed by atoms with E-state index in [1.807, 2.05) is 6.92 Å². The first-order chi connectivity index (χ1) is 11.6. The second kappa shape index (κ2) is 8.71. The van der Waals surface area contributed by atoms with E-state index in [4.69, 9.17) is 9.47 Å². The number of carbonyl (C=O) groups excluding carboxylic acids is 1. The number of alkyl halides is 2. The Morgan fingerprint density at radius 3 is 2.29 bits per heavy atom. The number of carbonyl (C=O) groups is 1. The van der Waals surface area contributed by atoms with Crippen LogP contribution in [0.5, 0.6) is 17.2 Å². The molecule has 0 saturated heterocycles. The second-order valence-electron chi connectivity index (χ2n) is 4.62. The van der Waals surface area contributed by atoms with Gasteiger partial charge in [0.2, 0.25) is 0 Å². The zero-order valence-corrected chi connectivity index (χ0v) is 13.0. The number of benzene rings is 2. The first-order valence-corrected chi connectivity index (χ1v) is 7.28. The van der Waals surface area contributed by atoms with Gasteiger partial charge >= 0.3 is 6.61 Å². The number of anilines is 1. The van der Waals surface area contributed by atoms with Crippen LogP contribution in [0.15, 0.2) is 48.5 Å². The van der Waals surface area contributed by atoms with Crippen molar-refractivity contribution in [1.82, 2.24) is 0 Å². The van der Waals surface area contributed by atoms with Crippen LogP contribution in [-0.2, 0) is 4.79 Å². The third-order valence-corrected chi connectivity index (χ3v) is 2.88. The molecule has 2 aromatic carbocycles. The van der Waals surface area contributed by atoms with Crippen molar-refractivity contribution in [3.63, 3.8) is 0 Å². The van der Waals surface area contributed by atoms with Crippen molar-refractivity contribution in [3.8, 4) is 17.2 Å². The minimum atomic E-state index is -2.97. The number of hydrogen-bond acceptors (Lipinski definition) is 4. The number of amides is 1. The van der Waals surface area contributed by atoms with Crippen molar-refractivity contribution in [3.05, 3.63) is 48.5 Å². The monoisotopic (exact) mass is 337 g/mol. The van der Waals surface area contributed by atoms with Crippen LogP contribution in [-0.4, -0.2) is 25.7 Å². The van der Waals surface area contributed by atoms with E-state index in [0.717, 1.165) is 0 Å². The van der Waals surface area contributed by atoms with Crippen molar-refractivity contribution >= 4 is 11.6 Å². The molecular formula is C17H17F2NO4. The predicted molar refractivity (Wildman–Crippen MR) is 84.8 cm³/mol. The molecule has 2 aromatic rings. The van der Waals surface area contributed by atoms with Crippen LogP contribution in [0.3, 0.4) is 0 Å². The molecular weight excluding hydrogens is 320 g/mol. The normalized spacial score (nSPS) is 10.3. The van der Waals surface area contributed by atoms with Crippen LogP contribution in [0.4, 0.5) is 14.5 Å². The standard InChI is InChI=1S/C17H17F2NO4/c1-2-22-12-7-9-13(10-8-12)23-11-16(21)20-14-5-3-4-6-15(14)24-17(18)19/h3-10,17H,2,11H2,1H3,(H,20,21). The van der Waals surface area contributed by atoms with Gasteiger partial charge in [-0.3, -0.25) is 4.79 Å². The zero-order valence-electron chi connectivity index (χ0n) is 13.0. The van der Waals surface area contributed by atoms with Crippen LogP contribution in [0.2, 0.25) is 0 Å². The van der Waals surface area contributed by atoms with Crippen LogP contribution in [0.25, 0.3) is 0 Å². The molecule has 5 nitrogen and oxygen atoms in total. The van der Waals surface area contributed by atoms with Gasteiger partial charge in [-0.25, -0.2) is 0 Å². The van der Waals surface area contributed by atoms with Crippen LogP contribution < -0.4 is 19.5 Å². The van der Waals surface area contributed by atoms with Gasteiger partial charge in [-0.1, -0.05) is 12.1 Å². The maximum Gasteiger partial charge on any atom is 0.387 e. The Morgan fingerprint density at radius 2 is 1.67 bits per heavy atom. The van der Waals surface area contributed by atoms with Gasteiger partial charge in [0.05, 0.1) is 12.3 Å². The number of para-hydroxylation sites is 2. The quantitative estimate of drug-likeness (QED) is 0.798. The van der Waals surface area contributed by atoms with Gasteiger partial charge in [0.1, 0.15) is 17.2 Å². The van der Waals surface area contributed by atoms with E-state index in [2.05, 4.69) is 10.1 Å². The maximum atomic E-state index is 12.3. The Labute approximate surface area is 138 Å². The van der Waals surface area contributed by atoms with Crippen molar-refractivity contribution in [2.75, 3.05) is 18.5 Å². The lowest BCUT2D eigenvalue weighted by molar-refractivity contribution is -0.118. The number of hydrogen-bond donors (Lipinski definition) is 1. The smallest absolute Gasteiger partial charge is 0.387 e. The molecule has 0 aromatic heterocycles. The van der Waals surface area contributed by atoms with Gasteiger partial charge in [0.25, 0.3) is 5.91 Å². The van der Waals surface area contributed by atoms with Crippen molar-refractivity contribution in [2.24, 2.45) is 0 Å². The van der Waals surface area contributed by atoms with Gasteiger partial charge in [-0.05, 0) is 43.3 Å². The van der Waals surface area contributed by atoms with Crippen LogP contribution in [0.1, 0.15) is 6.92 Å². The number of halogens is 2. The highest BCUT2D eigenvalue weighted by atomic mass is 19.3. The topological polar surface area (TPSA) is 56.8 Å². The summed E-state index contributed by atoms with van der Waals surface area (Å²) in [5, 5.41) is 2.47. The van der Waals surface area contributed by atoms with E-state index in [9.17, 15) is 13.6 Å².